The number of halogens is 3. The van der Waals surface area contributed by atoms with Gasteiger partial charge in [-0.3, -0.25) is 9.59 Å². The van der Waals surface area contributed by atoms with Crippen LogP contribution in [-0.4, -0.2) is 24.9 Å². The molecule has 110 valence electrons. The molecule has 1 rings (SSSR count). The molecular formula is C12H14F3N3O2. The van der Waals surface area contributed by atoms with E-state index in [1.165, 1.54) is 12.1 Å². The molecule has 1 aromatic rings. The molecule has 0 radical (unpaired) electrons. The van der Waals surface area contributed by atoms with Crippen LogP contribution in [0.2, 0.25) is 0 Å². The van der Waals surface area contributed by atoms with Gasteiger partial charge in [0, 0.05) is 19.6 Å². The molecule has 0 bridgehead atoms. The SMILES string of the molecule is NCCNC(=O)C(=O)NCc1ccc(C(F)(F)F)cc1. The van der Waals surface area contributed by atoms with E-state index in [0.717, 1.165) is 12.1 Å². The predicted octanol–water partition coefficient (Wildman–Crippen LogP) is 0.396. The van der Waals surface area contributed by atoms with Crippen LogP contribution < -0.4 is 16.4 Å². The zero-order valence-electron chi connectivity index (χ0n) is 10.5. The summed E-state index contributed by atoms with van der Waals surface area (Å²) in [5.74, 6) is -1.69. The molecule has 2 amide bonds. The quantitative estimate of drug-likeness (QED) is 0.701. The van der Waals surface area contributed by atoms with Gasteiger partial charge in [-0.05, 0) is 17.7 Å². The van der Waals surface area contributed by atoms with E-state index in [2.05, 4.69) is 10.6 Å². The van der Waals surface area contributed by atoms with Crippen LogP contribution in [0.25, 0.3) is 0 Å². The van der Waals surface area contributed by atoms with Crippen LogP contribution in [0, 0.1) is 0 Å². The molecule has 0 fully saturated rings. The van der Waals surface area contributed by atoms with Crippen molar-refractivity contribution in [2.24, 2.45) is 5.73 Å². The monoisotopic (exact) mass is 289 g/mol. The van der Waals surface area contributed by atoms with Gasteiger partial charge in [-0.15, -0.1) is 0 Å². The van der Waals surface area contributed by atoms with Crippen LogP contribution in [-0.2, 0) is 22.3 Å². The van der Waals surface area contributed by atoms with Crippen molar-refractivity contribution in [3.05, 3.63) is 35.4 Å². The highest BCUT2D eigenvalue weighted by molar-refractivity contribution is 6.35. The summed E-state index contributed by atoms with van der Waals surface area (Å²) in [6.07, 6.45) is -4.40. The zero-order valence-corrected chi connectivity index (χ0v) is 10.5. The van der Waals surface area contributed by atoms with Gasteiger partial charge in [-0.1, -0.05) is 12.1 Å². The third kappa shape index (κ3) is 4.88. The molecular weight excluding hydrogens is 275 g/mol. The maximum absolute atomic E-state index is 12.3. The third-order valence-electron chi connectivity index (χ3n) is 2.37. The minimum Gasteiger partial charge on any atom is -0.347 e. The predicted molar refractivity (Wildman–Crippen MR) is 65.4 cm³/mol. The highest BCUT2D eigenvalue weighted by Crippen LogP contribution is 2.28. The van der Waals surface area contributed by atoms with E-state index >= 15 is 0 Å². The van der Waals surface area contributed by atoms with Gasteiger partial charge in [0.1, 0.15) is 0 Å². The van der Waals surface area contributed by atoms with Gasteiger partial charge in [-0.2, -0.15) is 13.2 Å². The Morgan fingerprint density at radius 3 is 2.10 bits per heavy atom. The summed E-state index contributed by atoms with van der Waals surface area (Å²) in [6.45, 7) is 0.345. The molecule has 0 saturated heterocycles. The van der Waals surface area contributed by atoms with Gasteiger partial charge >= 0.3 is 18.0 Å². The molecule has 5 nitrogen and oxygen atoms in total. The average Bonchev–Trinajstić information content (AvgIpc) is 2.41. The number of nitrogens with two attached hydrogens (primary N) is 1. The van der Waals surface area contributed by atoms with Crippen molar-refractivity contribution < 1.29 is 22.8 Å². The van der Waals surface area contributed by atoms with Crippen LogP contribution in [0.1, 0.15) is 11.1 Å². The number of alkyl halides is 3. The Bertz CT molecular complexity index is 472. The Morgan fingerprint density at radius 1 is 1.05 bits per heavy atom. The van der Waals surface area contributed by atoms with Crippen molar-refractivity contribution in [2.75, 3.05) is 13.1 Å². The Balaban J connectivity index is 2.50. The number of hydrogen-bond donors (Lipinski definition) is 3. The summed E-state index contributed by atoms with van der Waals surface area (Å²) in [5, 5.41) is 4.57. The molecule has 0 aliphatic heterocycles. The van der Waals surface area contributed by atoms with Gasteiger partial charge in [0.15, 0.2) is 0 Å². The number of nitrogens with one attached hydrogen (secondary N) is 2. The second-order valence-electron chi connectivity index (χ2n) is 3.92. The second-order valence-corrected chi connectivity index (χ2v) is 3.92. The van der Waals surface area contributed by atoms with E-state index in [1.54, 1.807) is 0 Å². The molecule has 0 aliphatic carbocycles. The number of carbonyl (C=O) groups excluding carboxylic acids is 2. The van der Waals surface area contributed by atoms with Crippen molar-refractivity contribution >= 4 is 11.8 Å². The number of hydrogen-bond acceptors (Lipinski definition) is 3. The first kappa shape index (κ1) is 16.0. The maximum Gasteiger partial charge on any atom is 0.416 e. The first-order valence-electron chi connectivity index (χ1n) is 5.77. The highest BCUT2D eigenvalue weighted by atomic mass is 19.4. The van der Waals surface area contributed by atoms with E-state index in [-0.39, 0.29) is 19.6 Å². The normalized spacial score (nSPS) is 11.0. The van der Waals surface area contributed by atoms with Crippen LogP contribution in [0.3, 0.4) is 0 Å². The van der Waals surface area contributed by atoms with Crippen LogP contribution in [0.4, 0.5) is 13.2 Å². The Labute approximate surface area is 113 Å². The van der Waals surface area contributed by atoms with Crippen molar-refractivity contribution in [1.29, 1.82) is 0 Å². The summed E-state index contributed by atoms with van der Waals surface area (Å²) in [5.41, 5.74) is 4.84. The molecule has 20 heavy (non-hydrogen) atoms. The molecule has 1 aromatic carbocycles. The lowest BCUT2D eigenvalue weighted by Gasteiger charge is -2.08. The third-order valence-corrected chi connectivity index (χ3v) is 2.37. The molecule has 0 heterocycles. The molecule has 0 aliphatic rings. The molecule has 0 spiro atoms. The number of amides is 2. The van der Waals surface area contributed by atoms with Crippen molar-refractivity contribution in [3.8, 4) is 0 Å². The smallest absolute Gasteiger partial charge is 0.347 e. The second kappa shape index (κ2) is 6.90. The molecule has 0 unspecified atom stereocenters. The van der Waals surface area contributed by atoms with Crippen LogP contribution in [0.15, 0.2) is 24.3 Å². The van der Waals surface area contributed by atoms with Gasteiger partial charge in [0.05, 0.1) is 5.56 Å². The molecule has 0 aromatic heterocycles. The summed E-state index contributed by atoms with van der Waals surface area (Å²) >= 11 is 0. The minimum absolute atomic E-state index is 0.0347. The highest BCUT2D eigenvalue weighted by Gasteiger charge is 2.29. The van der Waals surface area contributed by atoms with E-state index in [0.29, 0.717) is 5.56 Å². The fourth-order valence-corrected chi connectivity index (χ4v) is 1.34. The van der Waals surface area contributed by atoms with Crippen molar-refractivity contribution in [2.45, 2.75) is 12.7 Å². The van der Waals surface area contributed by atoms with Crippen molar-refractivity contribution in [1.82, 2.24) is 10.6 Å². The van der Waals surface area contributed by atoms with E-state index < -0.39 is 23.6 Å². The molecule has 0 saturated carbocycles. The van der Waals surface area contributed by atoms with Gasteiger partial charge in [-0.25, -0.2) is 0 Å². The summed E-state index contributed by atoms with van der Waals surface area (Å²) < 4.78 is 37.0. The van der Waals surface area contributed by atoms with Gasteiger partial charge < -0.3 is 16.4 Å². The fraction of sp³-hybridized carbons (Fsp3) is 0.333. The first-order valence-corrected chi connectivity index (χ1v) is 5.77. The summed E-state index contributed by atoms with van der Waals surface area (Å²) in [6, 6.07) is 4.30. The fourth-order valence-electron chi connectivity index (χ4n) is 1.34. The number of rotatable bonds is 4. The van der Waals surface area contributed by atoms with E-state index in [4.69, 9.17) is 5.73 Å². The molecule has 8 heteroatoms. The molecule has 0 atom stereocenters. The first-order chi connectivity index (χ1) is 9.34. The minimum atomic E-state index is -4.40. The summed E-state index contributed by atoms with van der Waals surface area (Å²) in [4.78, 5) is 22.5. The Morgan fingerprint density at radius 2 is 1.60 bits per heavy atom. The number of benzene rings is 1. The number of carbonyl (C=O) groups is 2. The molecule has 4 N–H and O–H groups in total. The van der Waals surface area contributed by atoms with Crippen LogP contribution in [0.5, 0.6) is 0 Å². The Hall–Kier alpha value is -2.09. The van der Waals surface area contributed by atoms with Gasteiger partial charge in [0.2, 0.25) is 0 Å². The van der Waals surface area contributed by atoms with Crippen LogP contribution >= 0.6 is 0 Å². The lowest BCUT2D eigenvalue weighted by atomic mass is 10.1. The zero-order chi connectivity index (χ0) is 15.2. The topological polar surface area (TPSA) is 84.2 Å². The van der Waals surface area contributed by atoms with E-state index in [1.807, 2.05) is 0 Å². The Kier molecular flexibility index (Phi) is 5.51. The standard InChI is InChI=1S/C12H14F3N3O2/c13-12(14,15)9-3-1-8(2-4-9)7-18-11(20)10(19)17-6-5-16/h1-4H,5-7,16H2,(H,17,19)(H,18,20). The average molecular weight is 289 g/mol. The lowest BCUT2D eigenvalue weighted by Crippen LogP contribution is -2.41. The summed E-state index contributed by atoms with van der Waals surface area (Å²) in [7, 11) is 0. The maximum atomic E-state index is 12.3. The van der Waals surface area contributed by atoms with Gasteiger partial charge in [0.25, 0.3) is 0 Å². The largest absolute Gasteiger partial charge is 0.416 e. The van der Waals surface area contributed by atoms with Crippen molar-refractivity contribution in [3.63, 3.8) is 0 Å². The van der Waals surface area contributed by atoms with E-state index in [9.17, 15) is 22.8 Å². The lowest BCUT2D eigenvalue weighted by molar-refractivity contribution is -0.139.